The third-order valence-corrected chi connectivity index (χ3v) is 6.02. The van der Waals surface area contributed by atoms with Crippen molar-refractivity contribution in [3.8, 4) is 0 Å². The van der Waals surface area contributed by atoms with Crippen molar-refractivity contribution >= 4 is 33.2 Å². The first-order valence-electron chi connectivity index (χ1n) is 7.53. The van der Waals surface area contributed by atoms with Crippen LogP contribution in [0.5, 0.6) is 0 Å². The van der Waals surface area contributed by atoms with E-state index in [0.29, 0.717) is 22.7 Å². The van der Waals surface area contributed by atoms with Gasteiger partial charge in [-0.05, 0) is 38.0 Å². The molecule has 1 N–H and O–H groups in total. The zero-order valence-electron chi connectivity index (χ0n) is 13.9. The molecule has 1 aliphatic rings. The lowest BCUT2D eigenvalue weighted by Gasteiger charge is -2.16. The predicted octanol–water partition coefficient (Wildman–Crippen LogP) is 1.30. The summed E-state index contributed by atoms with van der Waals surface area (Å²) >= 11 is 6.17. The molecule has 1 aromatic heterocycles. The molecular formula is C15H17ClN4O4S. The number of hydrogen-bond donors (Lipinski definition) is 1. The SMILES string of the molecule is CC(=O)N1CCc2cc(Cl)c(S(=O)(=O)n3cc(C(C)(C)O)nn3)cc21. The van der Waals surface area contributed by atoms with E-state index in [0.717, 1.165) is 11.8 Å². The number of benzene rings is 1. The number of aromatic nitrogens is 3. The van der Waals surface area contributed by atoms with Crippen LogP contribution in [0.1, 0.15) is 32.0 Å². The Labute approximate surface area is 150 Å². The topological polar surface area (TPSA) is 105 Å². The average Bonchev–Trinajstić information content (AvgIpc) is 3.12. The van der Waals surface area contributed by atoms with Gasteiger partial charge in [-0.1, -0.05) is 16.8 Å². The maximum Gasteiger partial charge on any atom is 0.285 e. The lowest BCUT2D eigenvalue weighted by molar-refractivity contribution is -0.116. The van der Waals surface area contributed by atoms with Gasteiger partial charge in [0.25, 0.3) is 10.0 Å². The number of carbonyl (C=O) groups excluding carboxylic acids is 1. The van der Waals surface area contributed by atoms with Crippen LogP contribution < -0.4 is 4.90 Å². The van der Waals surface area contributed by atoms with E-state index in [1.54, 1.807) is 6.07 Å². The van der Waals surface area contributed by atoms with Gasteiger partial charge in [-0.2, -0.15) is 8.42 Å². The summed E-state index contributed by atoms with van der Waals surface area (Å²) in [4.78, 5) is 13.1. The van der Waals surface area contributed by atoms with Crippen LogP contribution in [-0.2, 0) is 26.8 Å². The predicted molar refractivity (Wildman–Crippen MR) is 91.0 cm³/mol. The number of hydrogen-bond acceptors (Lipinski definition) is 6. The summed E-state index contributed by atoms with van der Waals surface area (Å²) in [5.74, 6) is -0.172. The van der Waals surface area contributed by atoms with Gasteiger partial charge < -0.3 is 10.0 Å². The van der Waals surface area contributed by atoms with Gasteiger partial charge in [0.05, 0.1) is 11.2 Å². The summed E-state index contributed by atoms with van der Waals surface area (Å²) in [6, 6.07) is 2.94. The molecule has 0 aliphatic carbocycles. The molecule has 0 atom stereocenters. The van der Waals surface area contributed by atoms with Crippen LogP contribution in [0.15, 0.2) is 23.2 Å². The number of halogens is 1. The zero-order valence-corrected chi connectivity index (χ0v) is 15.5. The quantitative estimate of drug-likeness (QED) is 0.855. The molecule has 0 unspecified atom stereocenters. The lowest BCUT2D eigenvalue weighted by atomic mass is 10.1. The Hall–Kier alpha value is -1.97. The summed E-state index contributed by atoms with van der Waals surface area (Å²) < 4.78 is 26.4. The van der Waals surface area contributed by atoms with Crippen molar-refractivity contribution in [2.75, 3.05) is 11.4 Å². The molecule has 0 fully saturated rings. The van der Waals surface area contributed by atoms with E-state index in [4.69, 9.17) is 11.6 Å². The third-order valence-electron chi connectivity index (χ3n) is 4.03. The molecule has 25 heavy (non-hydrogen) atoms. The normalized spacial score (nSPS) is 14.7. The maximum absolute atomic E-state index is 12.9. The molecule has 134 valence electrons. The largest absolute Gasteiger partial charge is 0.384 e. The maximum atomic E-state index is 12.9. The Morgan fingerprint density at radius 2 is 2.04 bits per heavy atom. The second-order valence-electron chi connectivity index (χ2n) is 6.37. The second-order valence-corrected chi connectivity index (χ2v) is 8.54. The number of carbonyl (C=O) groups is 1. The van der Waals surface area contributed by atoms with E-state index in [-0.39, 0.29) is 21.5 Å². The molecule has 2 heterocycles. The third kappa shape index (κ3) is 3.03. The number of amides is 1. The highest BCUT2D eigenvalue weighted by molar-refractivity contribution is 7.90. The highest BCUT2D eigenvalue weighted by Gasteiger charge is 2.30. The molecule has 8 nitrogen and oxygen atoms in total. The summed E-state index contributed by atoms with van der Waals surface area (Å²) in [5.41, 5.74) is 0.118. The monoisotopic (exact) mass is 384 g/mol. The molecule has 1 amide bonds. The van der Waals surface area contributed by atoms with E-state index in [2.05, 4.69) is 10.3 Å². The zero-order chi connectivity index (χ0) is 18.6. The fourth-order valence-electron chi connectivity index (χ4n) is 2.66. The van der Waals surface area contributed by atoms with Gasteiger partial charge in [-0.3, -0.25) is 4.79 Å². The molecule has 10 heteroatoms. The fraction of sp³-hybridized carbons (Fsp3) is 0.400. The number of aliphatic hydroxyl groups is 1. The molecule has 2 aromatic rings. The first-order valence-corrected chi connectivity index (χ1v) is 9.35. The molecule has 0 saturated heterocycles. The van der Waals surface area contributed by atoms with Gasteiger partial charge in [0.2, 0.25) is 5.91 Å². The van der Waals surface area contributed by atoms with Crippen LogP contribution in [-0.4, -0.2) is 40.4 Å². The highest BCUT2D eigenvalue weighted by atomic mass is 35.5. The van der Waals surface area contributed by atoms with Crippen molar-refractivity contribution in [3.63, 3.8) is 0 Å². The van der Waals surface area contributed by atoms with Crippen molar-refractivity contribution in [2.45, 2.75) is 37.7 Å². The Balaban J connectivity index is 2.11. The minimum absolute atomic E-state index is 0.0458. The summed E-state index contributed by atoms with van der Waals surface area (Å²) in [6.45, 7) is 4.85. The van der Waals surface area contributed by atoms with E-state index in [9.17, 15) is 18.3 Å². The van der Waals surface area contributed by atoms with Crippen molar-refractivity contribution < 1.29 is 18.3 Å². The summed E-state index contributed by atoms with van der Waals surface area (Å²) in [6.07, 6.45) is 1.75. The molecule has 0 radical (unpaired) electrons. The standard InChI is InChI=1S/C15H17ClN4O4S/c1-9(21)19-5-4-10-6-11(16)13(7-12(10)19)25(23,24)20-8-14(17-18-20)15(2,3)22/h6-8,22H,4-5H2,1-3H3. The van der Waals surface area contributed by atoms with Gasteiger partial charge in [0, 0.05) is 19.2 Å². The van der Waals surface area contributed by atoms with E-state index in [1.807, 2.05) is 0 Å². The van der Waals surface area contributed by atoms with Crippen LogP contribution in [0.2, 0.25) is 5.02 Å². The van der Waals surface area contributed by atoms with Crippen molar-refractivity contribution in [3.05, 3.63) is 34.6 Å². The van der Waals surface area contributed by atoms with Crippen LogP contribution in [0, 0.1) is 0 Å². The highest BCUT2D eigenvalue weighted by Crippen LogP contribution is 2.36. The van der Waals surface area contributed by atoms with Gasteiger partial charge in [-0.15, -0.1) is 9.19 Å². The Bertz CT molecular complexity index is 962. The van der Waals surface area contributed by atoms with Crippen molar-refractivity contribution in [2.24, 2.45) is 0 Å². The molecule has 0 saturated carbocycles. The Kier molecular flexibility index (Phi) is 4.13. The lowest BCUT2D eigenvalue weighted by Crippen LogP contribution is -2.26. The minimum Gasteiger partial charge on any atom is -0.384 e. The number of fused-ring (bicyclic) bond motifs is 1. The first-order chi connectivity index (χ1) is 11.5. The van der Waals surface area contributed by atoms with Crippen LogP contribution in [0.4, 0.5) is 5.69 Å². The molecule has 1 aliphatic heterocycles. The van der Waals surface area contributed by atoms with Crippen LogP contribution in [0.25, 0.3) is 0 Å². The number of rotatable bonds is 3. The van der Waals surface area contributed by atoms with E-state index >= 15 is 0 Å². The Morgan fingerprint density at radius 3 is 2.60 bits per heavy atom. The fourth-order valence-corrected chi connectivity index (χ4v) is 4.28. The number of nitrogens with zero attached hydrogens (tertiary/aromatic N) is 4. The van der Waals surface area contributed by atoms with Gasteiger partial charge in [-0.25, -0.2) is 0 Å². The van der Waals surface area contributed by atoms with Gasteiger partial charge in [0.15, 0.2) is 0 Å². The van der Waals surface area contributed by atoms with Crippen molar-refractivity contribution in [1.82, 2.24) is 14.4 Å². The number of anilines is 1. The Morgan fingerprint density at radius 1 is 1.36 bits per heavy atom. The molecule has 0 spiro atoms. The summed E-state index contributed by atoms with van der Waals surface area (Å²) in [7, 11) is -4.12. The average molecular weight is 385 g/mol. The van der Waals surface area contributed by atoms with E-state index < -0.39 is 15.6 Å². The molecule has 3 rings (SSSR count). The van der Waals surface area contributed by atoms with E-state index in [1.165, 1.54) is 31.7 Å². The second kappa shape index (κ2) is 5.79. The molecule has 1 aromatic carbocycles. The summed E-state index contributed by atoms with van der Waals surface area (Å²) in [5, 5.41) is 17.3. The van der Waals surface area contributed by atoms with Crippen LogP contribution in [0.3, 0.4) is 0 Å². The molecule has 0 bridgehead atoms. The minimum atomic E-state index is -4.12. The smallest absolute Gasteiger partial charge is 0.285 e. The van der Waals surface area contributed by atoms with Crippen molar-refractivity contribution in [1.29, 1.82) is 0 Å². The molecular weight excluding hydrogens is 368 g/mol. The first kappa shape index (κ1) is 17.8. The van der Waals surface area contributed by atoms with Gasteiger partial charge in [0.1, 0.15) is 16.2 Å². The van der Waals surface area contributed by atoms with Gasteiger partial charge >= 0.3 is 0 Å². The van der Waals surface area contributed by atoms with Crippen LogP contribution >= 0.6 is 11.6 Å².